The molecule has 1 heterocycles. The van der Waals surface area contributed by atoms with Crippen molar-refractivity contribution in [2.45, 2.75) is 125 Å². The molecule has 4 N–H and O–H groups in total. The van der Waals surface area contributed by atoms with Gasteiger partial charge in [0.05, 0.1) is 10.8 Å². The second kappa shape index (κ2) is 20.3. The number of likely N-dealkylation sites (tertiary alicyclic amines) is 1. The number of fused-ring (bicyclic) bond motifs is 1. The number of nitrogens with two attached hydrogens (primary N) is 1. The van der Waals surface area contributed by atoms with Crippen molar-refractivity contribution in [2.24, 2.45) is 28.4 Å². The number of unbranched alkanes of at least 4 members (excludes halogenated alkanes) is 1. The Labute approximate surface area is 344 Å². The summed E-state index contributed by atoms with van der Waals surface area (Å²) < 4.78 is 64.6. The topological polar surface area (TPSA) is 219 Å². The van der Waals surface area contributed by atoms with E-state index in [4.69, 9.17) is 19.7 Å². The van der Waals surface area contributed by atoms with Gasteiger partial charge >= 0.3 is 25.2 Å². The lowest BCUT2D eigenvalue weighted by Gasteiger charge is -2.31. The number of nitrogens with zero attached hydrogens (tertiary/aromatic N) is 1. The maximum atomic E-state index is 16.0. The van der Waals surface area contributed by atoms with Gasteiger partial charge in [0, 0.05) is 30.6 Å². The molecule has 2 unspecified atom stereocenters. The summed E-state index contributed by atoms with van der Waals surface area (Å²) >= 11 is 0. The average molecular weight is 857 g/mol. The Bertz CT molecular complexity index is 1780. The van der Waals surface area contributed by atoms with Crippen molar-refractivity contribution < 1.29 is 65.7 Å². The van der Waals surface area contributed by atoms with Gasteiger partial charge in [0.2, 0.25) is 37.2 Å². The van der Waals surface area contributed by atoms with E-state index < -0.39 is 79.1 Å². The number of allylic oxidation sites excluding steroid dienone is 1. The predicted octanol–water partition coefficient (Wildman–Crippen LogP) is 5.68. The molecule has 19 heteroatoms. The van der Waals surface area contributed by atoms with Gasteiger partial charge in [0.15, 0.2) is 0 Å². The van der Waals surface area contributed by atoms with Crippen LogP contribution in [0.15, 0.2) is 30.3 Å². The van der Waals surface area contributed by atoms with Gasteiger partial charge in [-0.15, -0.1) is 4.67 Å². The van der Waals surface area contributed by atoms with Gasteiger partial charge in [-0.2, -0.15) is 13.7 Å². The maximum Gasteiger partial charge on any atom is 0.434 e. The number of carbonyl (C=O) groups is 6. The molecular formula is C40H59F2N4O12P. The first kappa shape index (κ1) is 49.1. The van der Waals surface area contributed by atoms with Gasteiger partial charge in [-0.1, -0.05) is 44.0 Å². The number of rotatable bonds is 21. The molecule has 1 aliphatic heterocycles. The van der Waals surface area contributed by atoms with Crippen LogP contribution < -0.4 is 16.4 Å². The van der Waals surface area contributed by atoms with E-state index in [0.717, 1.165) is 25.0 Å². The summed E-state index contributed by atoms with van der Waals surface area (Å²) in [5.74, 6) is -3.24. The number of halogens is 2. The van der Waals surface area contributed by atoms with Crippen molar-refractivity contribution in [3.05, 3.63) is 41.5 Å². The van der Waals surface area contributed by atoms with Gasteiger partial charge in [0.1, 0.15) is 12.1 Å². The highest BCUT2D eigenvalue weighted by atomic mass is 31.2. The first-order valence-electron chi connectivity index (χ1n) is 19.6. The smallest absolute Gasteiger partial charge is 0.434 e. The molecule has 16 nitrogen and oxygen atoms in total. The number of alkyl halides is 2. The highest BCUT2D eigenvalue weighted by Gasteiger charge is 2.58. The first-order chi connectivity index (χ1) is 27.3. The molecule has 330 valence electrons. The maximum absolute atomic E-state index is 16.0. The third-order valence-electron chi connectivity index (χ3n) is 9.78. The minimum absolute atomic E-state index is 0.00554. The van der Waals surface area contributed by atoms with E-state index in [1.54, 1.807) is 13.8 Å². The molecule has 1 saturated heterocycles. The van der Waals surface area contributed by atoms with Gasteiger partial charge in [0.25, 0.3) is 0 Å². The highest BCUT2D eigenvalue weighted by Crippen LogP contribution is 2.67. The van der Waals surface area contributed by atoms with Crippen molar-refractivity contribution in [2.75, 3.05) is 20.1 Å². The Balaban J connectivity index is 1.75. The zero-order valence-corrected chi connectivity index (χ0v) is 36.2. The number of piperidine rings is 1. The Kier molecular flexibility index (Phi) is 16.9. The average Bonchev–Trinajstić information content (AvgIpc) is 3.80. The van der Waals surface area contributed by atoms with Crippen molar-refractivity contribution in [1.29, 1.82) is 0 Å². The lowest BCUT2D eigenvalue weighted by Crippen LogP contribution is -2.55. The fourth-order valence-electron chi connectivity index (χ4n) is 6.14. The molecule has 6 atom stereocenters. The van der Waals surface area contributed by atoms with Crippen LogP contribution >= 0.6 is 7.60 Å². The number of hydrogen-bond donors (Lipinski definition) is 3. The summed E-state index contributed by atoms with van der Waals surface area (Å²) in [6, 6.07) is 2.35. The van der Waals surface area contributed by atoms with E-state index in [1.165, 1.54) is 64.7 Å². The van der Waals surface area contributed by atoms with E-state index in [0.29, 0.717) is 36.9 Å². The van der Waals surface area contributed by atoms with Crippen molar-refractivity contribution in [3.63, 3.8) is 0 Å². The first-order valence-corrected chi connectivity index (χ1v) is 21.1. The predicted molar refractivity (Wildman–Crippen MR) is 210 cm³/mol. The van der Waals surface area contributed by atoms with Gasteiger partial charge in [-0.05, 0) is 97.6 Å². The van der Waals surface area contributed by atoms with Crippen LogP contribution in [0, 0.1) is 22.7 Å². The lowest BCUT2D eigenvalue weighted by atomic mass is 9.98. The van der Waals surface area contributed by atoms with E-state index in [2.05, 4.69) is 20.2 Å². The molecule has 0 radical (unpaired) electrons. The Hall–Kier alpha value is -4.25. The number of carbonyl (C=O) groups excluding carboxylic acids is 6. The summed E-state index contributed by atoms with van der Waals surface area (Å²) in [5, 5.41) is 5.65. The SMILES string of the molecule is CCCC[C@H](NC(=O)/C=C(\C)c1ccc(C(F)(F)P(=O)(OCOC(=O)C(C)(C)C)OOCOC(=O)C(C)(C)C)cc1)C(=O)N1C[C@H]2C[C@H]2[C@H]1C(=O)NC(C)CCC(N)=O. The van der Waals surface area contributed by atoms with Crippen molar-refractivity contribution in [1.82, 2.24) is 15.5 Å². The Morgan fingerprint density at radius 3 is 2.10 bits per heavy atom. The van der Waals surface area contributed by atoms with Crippen molar-refractivity contribution >= 4 is 48.7 Å². The summed E-state index contributed by atoms with van der Waals surface area (Å²) in [6.45, 7) is 12.6. The molecule has 0 spiro atoms. The van der Waals surface area contributed by atoms with Crippen LogP contribution in [0.1, 0.15) is 112 Å². The van der Waals surface area contributed by atoms with Crippen LogP contribution in [-0.2, 0) is 62.6 Å². The zero-order valence-electron chi connectivity index (χ0n) is 35.3. The van der Waals surface area contributed by atoms with Crippen LogP contribution in [0.25, 0.3) is 5.57 Å². The van der Waals surface area contributed by atoms with Crippen LogP contribution in [0.4, 0.5) is 8.78 Å². The number of ether oxygens (including phenoxy) is 2. The monoisotopic (exact) mass is 856 g/mol. The van der Waals surface area contributed by atoms with Gasteiger partial charge in [-0.25, -0.2) is 0 Å². The number of nitrogens with one attached hydrogen (secondary N) is 2. The molecule has 59 heavy (non-hydrogen) atoms. The molecule has 2 aliphatic rings. The highest BCUT2D eigenvalue weighted by molar-refractivity contribution is 7.54. The molecule has 1 aromatic carbocycles. The number of primary amides is 1. The van der Waals surface area contributed by atoms with Crippen molar-refractivity contribution in [3.8, 4) is 0 Å². The Morgan fingerprint density at radius 1 is 0.949 bits per heavy atom. The third-order valence-corrected chi connectivity index (χ3v) is 11.5. The molecule has 0 bridgehead atoms. The van der Waals surface area contributed by atoms with Crippen LogP contribution in [0.5, 0.6) is 0 Å². The molecule has 4 amide bonds. The fraction of sp³-hybridized carbons (Fsp3) is 0.650. The molecule has 1 saturated carbocycles. The summed E-state index contributed by atoms with van der Waals surface area (Å²) in [4.78, 5) is 82.2. The number of esters is 2. The third kappa shape index (κ3) is 13.6. The quantitative estimate of drug-likeness (QED) is 0.0259. The lowest BCUT2D eigenvalue weighted by molar-refractivity contribution is -0.276. The number of benzene rings is 1. The van der Waals surface area contributed by atoms with E-state index in [-0.39, 0.29) is 36.1 Å². The van der Waals surface area contributed by atoms with Crippen LogP contribution in [-0.4, -0.2) is 78.7 Å². The number of hydrogen-bond acceptors (Lipinski definition) is 12. The van der Waals surface area contributed by atoms with Gasteiger partial charge < -0.3 is 30.7 Å². The van der Waals surface area contributed by atoms with Crippen LogP contribution in [0.2, 0.25) is 0 Å². The molecule has 1 aliphatic carbocycles. The molecule has 3 rings (SSSR count). The van der Waals surface area contributed by atoms with E-state index in [9.17, 15) is 33.3 Å². The molecule has 2 fully saturated rings. The normalized spacial score (nSPS) is 20.1. The standard InChI is InChI=1S/C40H59F2N4O12P/c1-10-11-12-30(35(50)46-21-27-20-29(27)33(46)34(49)44-25(3)13-18-31(43)47)45-32(48)19-24(2)26-14-16-28(17-15-26)40(41,42)59(53,57-23-55-37(52)39(7,8)9)58-56-22-54-36(51)38(4,5)6/h14-17,19,25,27,29-30,33H,10-13,18,20-23H2,1-9H3,(H2,43,47)(H,44,49)(H,45,48)/b24-19+/t25?,27-,29-,30+,33+,59?/m1/s1. The summed E-state index contributed by atoms with van der Waals surface area (Å²) in [7, 11) is -5.67. The minimum Gasteiger partial charge on any atom is -0.438 e. The minimum atomic E-state index is -5.67. The summed E-state index contributed by atoms with van der Waals surface area (Å²) in [5.41, 5.74) is -1.37. The Morgan fingerprint density at radius 2 is 1.54 bits per heavy atom. The zero-order chi connectivity index (χ0) is 44.5. The van der Waals surface area contributed by atoms with E-state index in [1.807, 2.05) is 6.92 Å². The summed E-state index contributed by atoms with van der Waals surface area (Å²) in [6.07, 6.45) is 4.14. The van der Waals surface area contributed by atoms with Crippen LogP contribution in [0.3, 0.4) is 0 Å². The second-order valence-corrected chi connectivity index (χ2v) is 19.0. The fourth-order valence-corrected chi connectivity index (χ4v) is 7.28. The molecule has 1 aromatic rings. The second-order valence-electron chi connectivity index (χ2n) is 17.1. The van der Waals surface area contributed by atoms with Gasteiger partial charge in [-0.3, -0.25) is 37.9 Å². The molecular weight excluding hydrogens is 797 g/mol. The molecule has 0 aromatic heterocycles. The van der Waals surface area contributed by atoms with E-state index >= 15 is 8.78 Å². The largest absolute Gasteiger partial charge is 0.438 e. The number of amides is 4.